The van der Waals surface area contributed by atoms with Crippen LogP contribution in [-0.2, 0) is 34.0 Å². The van der Waals surface area contributed by atoms with Crippen molar-refractivity contribution in [3.05, 3.63) is 107 Å². The molecular formula is C25H21F6NO2. The maximum atomic E-state index is 13.3. The van der Waals surface area contributed by atoms with Crippen LogP contribution in [0.25, 0.3) is 0 Å². The van der Waals surface area contributed by atoms with Crippen LogP contribution in [0, 0.1) is 0 Å². The average Bonchev–Trinajstić information content (AvgIpc) is 2.83. The van der Waals surface area contributed by atoms with E-state index in [9.17, 15) is 26.3 Å². The Hall–Kier alpha value is -2.88. The highest BCUT2D eigenvalue weighted by atomic mass is 19.4. The Kier molecular flexibility index (Phi) is 6.71. The monoisotopic (exact) mass is 481 g/mol. The molecule has 34 heavy (non-hydrogen) atoms. The molecule has 3 aromatic carbocycles. The van der Waals surface area contributed by atoms with Crippen molar-refractivity contribution in [3.63, 3.8) is 0 Å². The Morgan fingerprint density at radius 3 is 1.76 bits per heavy atom. The first kappa shape index (κ1) is 24.3. The number of hydrogen-bond donors (Lipinski definition) is 1. The average molecular weight is 481 g/mol. The van der Waals surface area contributed by atoms with E-state index in [2.05, 4.69) is 5.32 Å². The van der Waals surface area contributed by atoms with E-state index in [1.54, 1.807) is 0 Å². The van der Waals surface area contributed by atoms with Crippen molar-refractivity contribution in [2.45, 2.75) is 30.8 Å². The lowest BCUT2D eigenvalue weighted by Gasteiger charge is -2.45. The molecule has 0 aliphatic carbocycles. The van der Waals surface area contributed by atoms with Crippen LogP contribution in [0.1, 0.15) is 27.8 Å². The summed E-state index contributed by atoms with van der Waals surface area (Å²) in [6.07, 6.45) is -10.9. The smallest absolute Gasteiger partial charge is 0.349 e. The van der Waals surface area contributed by atoms with Gasteiger partial charge in [0, 0.05) is 6.54 Å². The highest BCUT2D eigenvalue weighted by molar-refractivity contribution is 5.40. The van der Waals surface area contributed by atoms with E-state index >= 15 is 0 Å². The lowest BCUT2D eigenvalue weighted by Crippen LogP contribution is -2.59. The minimum absolute atomic E-state index is 0.0976. The predicted molar refractivity (Wildman–Crippen MR) is 113 cm³/mol. The summed E-state index contributed by atoms with van der Waals surface area (Å²) in [7, 11) is 0. The topological polar surface area (TPSA) is 30.5 Å². The largest absolute Gasteiger partial charge is 0.416 e. The third-order valence-electron chi connectivity index (χ3n) is 5.64. The molecule has 4 rings (SSSR count). The molecule has 0 saturated carbocycles. The minimum atomic E-state index is -4.93. The number of halogens is 6. The van der Waals surface area contributed by atoms with Gasteiger partial charge in [0.25, 0.3) is 0 Å². The first-order valence-electron chi connectivity index (χ1n) is 10.5. The summed E-state index contributed by atoms with van der Waals surface area (Å²) in [6.45, 7) is 0.203. The van der Waals surface area contributed by atoms with Gasteiger partial charge in [0.05, 0.1) is 24.3 Å². The third kappa shape index (κ3) is 4.96. The van der Waals surface area contributed by atoms with Crippen molar-refractivity contribution < 1.29 is 35.8 Å². The molecule has 1 fully saturated rings. The molecule has 0 unspecified atom stereocenters. The van der Waals surface area contributed by atoms with Crippen LogP contribution in [0.15, 0.2) is 78.9 Å². The molecule has 0 aromatic heterocycles. The molecule has 1 heterocycles. The van der Waals surface area contributed by atoms with Gasteiger partial charge in [-0.2, -0.15) is 26.3 Å². The van der Waals surface area contributed by atoms with E-state index in [0.717, 1.165) is 11.1 Å². The Labute approximate surface area is 192 Å². The molecule has 180 valence electrons. The van der Waals surface area contributed by atoms with Gasteiger partial charge in [-0.1, -0.05) is 60.7 Å². The maximum Gasteiger partial charge on any atom is 0.416 e. The summed E-state index contributed by atoms with van der Waals surface area (Å²) >= 11 is 0. The van der Waals surface area contributed by atoms with Gasteiger partial charge in [0.1, 0.15) is 5.54 Å². The number of rotatable bonds is 5. The fourth-order valence-corrected chi connectivity index (χ4v) is 4.12. The molecule has 3 nitrogen and oxygen atoms in total. The fourth-order valence-electron chi connectivity index (χ4n) is 4.12. The SMILES string of the molecule is FC(F)(F)c1cc(CO[C@@H]2OCCNC2(c2ccccc2)c2ccccc2)cc(C(F)(F)F)c1. The van der Waals surface area contributed by atoms with Gasteiger partial charge < -0.3 is 9.47 Å². The predicted octanol–water partition coefficient (Wildman–Crippen LogP) is 6.13. The first-order valence-corrected chi connectivity index (χ1v) is 10.5. The lowest BCUT2D eigenvalue weighted by atomic mass is 9.81. The van der Waals surface area contributed by atoms with Crippen molar-refractivity contribution >= 4 is 0 Å². The highest BCUT2D eigenvalue weighted by Gasteiger charge is 2.46. The van der Waals surface area contributed by atoms with Gasteiger partial charge in [0.15, 0.2) is 6.29 Å². The molecule has 1 atom stereocenters. The lowest BCUT2D eigenvalue weighted by molar-refractivity contribution is -0.206. The van der Waals surface area contributed by atoms with Gasteiger partial charge >= 0.3 is 12.4 Å². The van der Waals surface area contributed by atoms with Gasteiger partial charge in [-0.15, -0.1) is 0 Å². The summed E-state index contributed by atoms with van der Waals surface area (Å²) in [5, 5.41) is 3.41. The minimum Gasteiger partial charge on any atom is -0.349 e. The van der Waals surface area contributed by atoms with E-state index in [4.69, 9.17) is 9.47 Å². The van der Waals surface area contributed by atoms with Gasteiger partial charge in [-0.3, -0.25) is 5.32 Å². The number of morpholine rings is 1. The second-order valence-electron chi connectivity index (χ2n) is 7.89. The van der Waals surface area contributed by atoms with Crippen molar-refractivity contribution in [3.8, 4) is 0 Å². The zero-order valence-corrected chi connectivity index (χ0v) is 17.8. The van der Waals surface area contributed by atoms with Crippen molar-refractivity contribution in [1.29, 1.82) is 0 Å². The Morgan fingerprint density at radius 1 is 0.794 bits per heavy atom. The molecule has 9 heteroatoms. The molecule has 0 spiro atoms. The van der Waals surface area contributed by atoms with Crippen LogP contribution in [-0.4, -0.2) is 19.4 Å². The normalized spacial score (nSPS) is 18.6. The Bertz CT molecular complexity index is 1030. The molecule has 0 amide bonds. The molecular weight excluding hydrogens is 460 g/mol. The van der Waals surface area contributed by atoms with Gasteiger partial charge in [0.2, 0.25) is 0 Å². The molecule has 1 aliphatic heterocycles. The molecule has 3 aromatic rings. The van der Waals surface area contributed by atoms with Crippen molar-refractivity contribution in [2.24, 2.45) is 0 Å². The summed E-state index contributed by atoms with van der Waals surface area (Å²) < 4.78 is 91.3. The zero-order valence-electron chi connectivity index (χ0n) is 17.8. The number of benzene rings is 3. The molecule has 0 bridgehead atoms. The van der Waals surface area contributed by atoms with Crippen LogP contribution in [0.3, 0.4) is 0 Å². The standard InChI is InChI=1S/C25H21F6NO2/c26-24(27,28)20-13-17(14-21(15-20)25(29,30)31)16-34-22-23(32-11-12-33-22,18-7-3-1-4-8-18)19-9-5-2-6-10-19/h1-10,13-15,22,32H,11-12,16H2/t22-/m0/s1. The summed E-state index contributed by atoms with van der Waals surface area (Å²) in [4.78, 5) is 0. The van der Waals surface area contributed by atoms with Crippen LogP contribution < -0.4 is 5.32 Å². The maximum absolute atomic E-state index is 13.3. The van der Waals surface area contributed by atoms with Crippen LogP contribution >= 0.6 is 0 Å². The van der Waals surface area contributed by atoms with Gasteiger partial charge in [-0.05, 0) is 34.9 Å². The second-order valence-corrected chi connectivity index (χ2v) is 7.89. The van der Waals surface area contributed by atoms with Crippen LogP contribution in [0.5, 0.6) is 0 Å². The highest BCUT2D eigenvalue weighted by Crippen LogP contribution is 2.39. The first-order chi connectivity index (χ1) is 16.1. The van der Waals surface area contributed by atoms with Crippen LogP contribution in [0.4, 0.5) is 26.3 Å². The van der Waals surface area contributed by atoms with Crippen LogP contribution in [0.2, 0.25) is 0 Å². The number of ether oxygens (including phenoxy) is 2. The van der Waals surface area contributed by atoms with E-state index in [1.165, 1.54) is 0 Å². The van der Waals surface area contributed by atoms with Crippen molar-refractivity contribution in [1.82, 2.24) is 5.32 Å². The summed E-state index contributed by atoms with van der Waals surface area (Å²) in [5.41, 5.74) is -2.49. The second kappa shape index (κ2) is 9.40. The number of hydrogen-bond acceptors (Lipinski definition) is 3. The quantitative estimate of drug-likeness (QED) is 0.445. The molecule has 1 N–H and O–H groups in total. The molecule has 1 aliphatic rings. The Balaban J connectivity index is 1.71. The Morgan fingerprint density at radius 2 is 1.29 bits per heavy atom. The number of nitrogens with one attached hydrogen (secondary N) is 1. The van der Waals surface area contributed by atoms with Crippen molar-refractivity contribution in [2.75, 3.05) is 13.2 Å². The van der Waals surface area contributed by atoms with Gasteiger partial charge in [-0.25, -0.2) is 0 Å². The molecule has 1 saturated heterocycles. The zero-order chi connectivity index (χ0) is 24.4. The summed E-state index contributed by atoms with van der Waals surface area (Å²) in [6, 6.07) is 19.8. The van der Waals surface area contributed by atoms with E-state index in [1.807, 2.05) is 60.7 Å². The van der Waals surface area contributed by atoms with E-state index < -0.39 is 41.9 Å². The fraction of sp³-hybridized carbons (Fsp3) is 0.280. The third-order valence-corrected chi connectivity index (χ3v) is 5.64. The van der Waals surface area contributed by atoms with E-state index in [0.29, 0.717) is 18.7 Å². The number of alkyl halides is 6. The van der Waals surface area contributed by atoms with E-state index in [-0.39, 0.29) is 18.2 Å². The summed E-state index contributed by atoms with van der Waals surface area (Å²) in [5.74, 6) is 0. The molecule has 0 radical (unpaired) electrons.